The fourth-order valence-corrected chi connectivity index (χ4v) is 2.30. The Labute approximate surface area is 124 Å². The lowest BCUT2D eigenvalue weighted by molar-refractivity contribution is 0.631. The first-order chi connectivity index (χ1) is 9.52. The van der Waals surface area contributed by atoms with E-state index in [9.17, 15) is 0 Å². The Morgan fingerprint density at radius 2 is 2.00 bits per heavy atom. The Balaban J connectivity index is 2.39. The van der Waals surface area contributed by atoms with E-state index in [-0.39, 0.29) is 6.04 Å². The number of anilines is 1. The molecule has 1 heterocycles. The van der Waals surface area contributed by atoms with Gasteiger partial charge in [-0.15, -0.1) is 0 Å². The second-order valence-corrected chi connectivity index (χ2v) is 5.38. The summed E-state index contributed by atoms with van der Waals surface area (Å²) in [5.74, 6) is 6.63. The van der Waals surface area contributed by atoms with Crippen molar-refractivity contribution in [3.8, 4) is 0 Å². The van der Waals surface area contributed by atoms with Crippen LogP contribution in [0.4, 0.5) is 5.82 Å². The van der Waals surface area contributed by atoms with Crippen molar-refractivity contribution >= 4 is 17.4 Å². The largest absolute Gasteiger partial charge is 0.363 e. The van der Waals surface area contributed by atoms with Crippen LogP contribution in [0.25, 0.3) is 0 Å². The van der Waals surface area contributed by atoms with E-state index in [1.807, 2.05) is 62.4 Å². The Kier molecular flexibility index (Phi) is 4.60. The van der Waals surface area contributed by atoms with Crippen molar-refractivity contribution in [2.45, 2.75) is 13.0 Å². The smallest absolute Gasteiger partial charge is 0.127 e. The molecule has 0 saturated heterocycles. The molecule has 1 aromatic heterocycles. The first-order valence-corrected chi connectivity index (χ1v) is 6.76. The van der Waals surface area contributed by atoms with Gasteiger partial charge in [0.1, 0.15) is 5.82 Å². The summed E-state index contributed by atoms with van der Waals surface area (Å²) in [6, 6.07) is 9.66. The Bertz CT molecular complexity index is 581. The summed E-state index contributed by atoms with van der Waals surface area (Å²) >= 11 is 6.08. The van der Waals surface area contributed by atoms with Crippen LogP contribution in [0.2, 0.25) is 5.02 Å². The van der Waals surface area contributed by atoms with E-state index in [1.165, 1.54) is 0 Å². The van der Waals surface area contributed by atoms with Crippen molar-refractivity contribution in [2.75, 3.05) is 19.0 Å². The number of halogens is 1. The lowest BCUT2D eigenvalue weighted by Gasteiger charge is -2.20. The SMILES string of the molecule is Cc1ccc(Cl)cc1C(NN)c1ccc(N(C)C)nc1. The highest BCUT2D eigenvalue weighted by Crippen LogP contribution is 2.27. The number of hydrazine groups is 1. The molecule has 5 heteroatoms. The van der Waals surface area contributed by atoms with Crippen molar-refractivity contribution in [1.29, 1.82) is 0 Å². The number of hydrogen-bond acceptors (Lipinski definition) is 4. The summed E-state index contributed by atoms with van der Waals surface area (Å²) in [6.07, 6.45) is 1.83. The van der Waals surface area contributed by atoms with Gasteiger partial charge in [-0.05, 0) is 41.8 Å². The topological polar surface area (TPSA) is 54.2 Å². The molecule has 3 N–H and O–H groups in total. The van der Waals surface area contributed by atoms with Gasteiger partial charge in [0.2, 0.25) is 0 Å². The molecule has 0 saturated carbocycles. The van der Waals surface area contributed by atoms with Gasteiger partial charge < -0.3 is 4.90 Å². The molecule has 106 valence electrons. The van der Waals surface area contributed by atoms with Crippen LogP contribution in [-0.2, 0) is 0 Å². The fraction of sp³-hybridized carbons (Fsp3) is 0.267. The number of pyridine rings is 1. The molecule has 0 amide bonds. The summed E-state index contributed by atoms with van der Waals surface area (Å²) in [5, 5.41) is 0.698. The van der Waals surface area contributed by atoms with Gasteiger partial charge in [0.05, 0.1) is 6.04 Å². The fourth-order valence-electron chi connectivity index (χ4n) is 2.12. The molecule has 1 atom stereocenters. The van der Waals surface area contributed by atoms with Crippen LogP contribution in [0.15, 0.2) is 36.5 Å². The number of nitrogens with one attached hydrogen (secondary N) is 1. The van der Waals surface area contributed by atoms with Crippen LogP contribution in [0.1, 0.15) is 22.7 Å². The molecule has 1 unspecified atom stereocenters. The van der Waals surface area contributed by atoms with Gasteiger partial charge in [0, 0.05) is 25.3 Å². The Morgan fingerprint density at radius 3 is 2.55 bits per heavy atom. The van der Waals surface area contributed by atoms with Gasteiger partial charge in [-0.1, -0.05) is 23.7 Å². The Hall–Kier alpha value is -1.62. The molecule has 0 aliphatic carbocycles. The highest BCUT2D eigenvalue weighted by Gasteiger charge is 2.15. The van der Waals surface area contributed by atoms with Gasteiger partial charge in [-0.3, -0.25) is 5.84 Å². The Morgan fingerprint density at radius 1 is 1.25 bits per heavy atom. The second-order valence-electron chi connectivity index (χ2n) is 4.94. The van der Waals surface area contributed by atoms with E-state index in [4.69, 9.17) is 17.4 Å². The molecular weight excluding hydrogens is 272 g/mol. The number of nitrogens with zero attached hydrogens (tertiary/aromatic N) is 2. The second kappa shape index (κ2) is 6.22. The van der Waals surface area contributed by atoms with Crippen LogP contribution >= 0.6 is 11.6 Å². The van der Waals surface area contributed by atoms with Crippen LogP contribution in [0.3, 0.4) is 0 Å². The average Bonchev–Trinajstić information content (AvgIpc) is 2.44. The molecule has 0 fully saturated rings. The van der Waals surface area contributed by atoms with Crippen LogP contribution in [0, 0.1) is 6.92 Å². The zero-order valence-corrected chi connectivity index (χ0v) is 12.6. The third-order valence-corrected chi connectivity index (χ3v) is 3.52. The molecular formula is C15H19ClN4. The maximum Gasteiger partial charge on any atom is 0.127 e. The molecule has 0 bridgehead atoms. The van der Waals surface area contributed by atoms with Crippen LogP contribution < -0.4 is 16.2 Å². The number of aryl methyl sites for hydroxylation is 1. The monoisotopic (exact) mass is 290 g/mol. The summed E-state index contributed by atoms with van der Waals surface area (Å²) < 4.78 is 0. The maximum atomic E-state index is 6.08. The van der Waals surface area contributed by atoms with Crippen molar-refractivity contribution in [3.63, 3.8) is 0 Å². The lowest BCUT2D eigenvalue weighted by Crippen LogP contribution is -2.29. The van der Waals surface area contributed by atoms with Gasteiger partial charge in [0.25, 0.3) is 0 Å². The summed E-state index contributed by atoms with van der Waals surface area (Å²) in [4.78, 5) is 6.38. The minimum Gasteiger partial charge on any atom is -0.363 e. The number of rotatable bonds is 4. The number of benzene rings is 1. The van der Waals surface area contributed by atoms with Crippen molar-refractivity contribution in [3.05, 3.63) is 58.2 Å². The van der Waals surface area contributed by atoms with Crippen LogP contribution in [-0.4, -0.2) is 19.1 Å². The minimum atomic E-state index is -0.127. The third-order valence-electron chi connectivity index (χ3n) is 3.28. The molecule has 1 aromatic carbocycles. The summed E-state index contributed by atoms with van der Waals surface area (Å²) in [5.41, 5.74) is 6.03. The van der Waals surface area contributed by atoms with Crippen molar-refractivity contribution in [1.82, 2.24) is 10.4 Å². The van der Waals surface area contributed by atoms with Crippen LogP contribution in [0.5, 0.6) is 0 Å². The molecule has 20 heavy (non-hydrogen) atoms. The van der Waals surface area contributed by atoms with E-state index in [1.54, 1.807) is 0 Å². The third kappa shape index (κ3) is 3.10. The number of aromatic nitrogens is 1. The zero-order valence-electron chi connectivity index (χ0n) is 11.9. The summed E-state index contributed by atoms with van der Waals surface area (Å²) in [6.45, 7) is 2.04. The van der Waals surface area contributed by atoms with Gasteiger partial charge in [0.15, 0.2) is 0 Å². The van der Waals surface area contributed by atoms with E-state index in [0.717, 1.165) is 22.5 Å². The first kappa shape index (κ1) is 14.8. The van der Waals surface area contributed by atoms with E-state index in [2.05, 4.69) is 10.4 Å². The van der Waals surface area contributed by atoms with Gasteiger partial charge in [-0.25, -0.2) is 10.4 Å². The maximum absolute atomic E-state index is 6.08. The normalized spacial score (nSPS) is 12.2. The van der Waals surface area contributed by atoms with E-state index >= 15 is 0 Å². The quantitative estimate of drug-likeness (QED) is 0.671. The molecule has 0 radical (unpaired) electrons. The van der Waals surface area contributed by atoms with Crippen molar-refractivity contribution < 1.29 is 0 Å². The molecule has 0 spiro atoms. The predicted octanol–water partition coefficient (Wildman–Crippen LogP) is 2.66. The molecule has 2 rings (SSSR count). The molecule has 0 aliphatic rings. The first-order valence-electron chi connectivity index (χ1n) is 6.38. The minimum absolute atomic E-state index is 0.127. The van der Waals surface area contributed by atoms with E-state index in [0.29, 0.717) is 5.02 Å². The van der Waals surface area contributed by atoms with Crippen molar-refractivity contribution in [2.24, 2.45) is 5.84 Å². The predicted molar refractivity (Wildman–Crippen MR) is 83.9 cm³/mol. The lowest BCUT2D eigenvalue weighted by atomic mass is 9.96. The van der Waals surface area contributed by atoms with Gasteiger partial charge in [-0.2, -0.15) is 0 Å². The summed E-state index contributed by atoms with van der Waals surface area (Å²) in [7, 11) is 3.92. The molecule has 4 nitrogen and oxygen atoms in total. The highest BCUT2D eigenvalue weighted by atomic mass is 35.5. The molecule has 0 aliphatic heterocycles. The number of nitrogens with two attached hydrogens (primary N) is 1. The van der Waals surface area contributed by atoms with E-state index < -0.39 is 0 Å². The zero-order chi connectivity index (χ0) is 14.7. The highest BCUT2D eigenvalue weighted by molar-refractivity contribution is 6.30. The molecule has 2 aromatic rings. The number of hydrogen-bond donors (Lipinski definition) is 2. The standard InChI is InChI=1S/C15H19ClN4/c1-10-4-6-12(16)8-13(10)15(19-17)11-5-7-14(18-9-11)20(2)3/h4-9,15,19H,17H2,1-3H3. The average molecular weight is 291 g/mol. The van der Waals surface area contributed by atoms with Gasteiger partial charge >= 0.3 is 0 Å².